The van der Waals surface area contributed by atoms with Crippen molar-refractivity contribution in [2.24, 2.45) is 0 Å². The lowest BCUT2D eigenvalue weighted by molar-refractivity contribution is -0.117. The molecular formula is C12H16O2. The lowest BCUT2D eigenvalue weighted by Gasteiger charge is -2.04. The van der Waals surface area contributed by atoms with Gasteiger partial charge in [-0.2, -0.15) is 0 Å². The number of unbranched alkanes of at least 4 members (excludes halogenated alkanes) is 1. The number of carbonyl (C=O) groups is 1. The van der Waals surface area contributed by atoms with Crippen molar-refractivity contribution in [3.05, 3.63) is 30.3 Å². The molecule has 2 nitrogen and oxygen atoms in total. The predicted octanol–water partition coefficient (Wildman–Crippen LogP) is 2.82. The minimum atomic E-state index is 0.254. The number of ether oxygens (including phenoxy) is 1. The van der Waals surface area contributed by atoms with Crippen LogP contribution in [0.4, 0.5) is 0 Å². The molecule has 0 aliphatic carbocycles. The normalized spacial score (nSPS) is 9.79. The lowest BCUT2D eigenvalue weighted by Crippen LogP contribution is -1.98. The third-order valence-corrected chi connectivity index (χ3v) is 1.94. The van der Waals surface area contributed by atoms with Crippen molar-refractivity contribution >= 4 is 5.78 Å². The molecule has 0 N–H and O–H groups in total. The van der Waals surface area contributed by atoms with Crippen molar-refractivity contribution in [2.75, 3.05) is 6.61 Å². The zero-order chi connectivity index (χ0) is 10.2. The van der Waals surface area contributed by atoms with Crippen molar-refractivity contribution in [3.63, 3.8) is 0 Å². The molecule has 14 heavy (non-hydrogen) atoms. The molecule has 0 radical (unpaired) electrons. The fourth-order valence-electron chi connectivity index (χ4n) is 1.18. The Morgan fingerprint density at radius 3 is 2.57 bits per heavy atom. The highest BCUT2D eigenvalue weighted by Crippen LogP contribution is 2.09. The van der Waals surface area contributed by atoms with E-state index in [1.807, 2.05) is 30.3 Å². The smallest absolute Gasteiger partial charge is 0.129 e. The minimum absolute atomic E-state index is 0.254. The molecule has 0 saturated heterocycles. The average Bonchev–Trinajstić information content (AvgIpc) is 2.18. The number of para-hydroxylation sites is 1. The van der Waals surface area contributed by atoms with E-state index in [9.17, 15) is 4.79 Å². The van der Waals surface area contributed by atoms with Gasteiger partial charge in [-0.3, -0.25) is 0 Å². The van der Waals surface area contributed by atoms with Crippen LogP contribution < -0.4 is 4.74 Å². The van der Waals surface area contributed by atoms with Gasteiger partial charge in [0.25, 0.3) is 0 Å². The maximum atomic E-state index is 10.6. The van der Waals surface area contributed by atoms with Gasteiger partial charge in [0.05, 0.1) is 6.61 Å². The van der Waals surface area contributed by atoms with E-state index in [1.165, 1.54) is 0 Å². The Balaban J connectivity index is 2.08. The summed E-state index contributed by atoms with van der Waals surface area (Å²) in [6, 6.07) is 9.73. The first-order chi connectivity index (χ1) is 6.79. The Morgan fingerprint density at radius 2 is 1.93 bits per heavy atom. The topological polar surface area (TPSA) is 26.3 Å². The SMILES string of the molecule is CC(=O)CCCCOc1ccccc1. The van der Waals surface area contributed by atoms with Crippen LogP contribution in [0, 0.1) is 0 Å². The molecule has 2 heteroatoms. The van der Waals surface area contributed by atoms with Gasteiger partial charge in [-0.1, -0.05) is 18.2 Å². The number of hydrogen-bond acceptors (Lipinski definition) is 2. The number of rotatable bonds is 6. The Kier molecular flexibility index (Phi) is 4.76. The second-order valence-corrected chi connectivity index (χ2v) is 3.32. The number of ketones is 1. The van der Waals surface area contributed by atoms with Crippen LogP contribution >= 0.6 is 0 Å². The van der Waals surface area contributed by atoms with Gasteiger partial charge in [0.1, 0.15) is 11.5 Å². The second kappa shape index (κ2) is 6.19. The average molecular weight is 192 g/mol. The maximum absolute atomic E-state index is 10.6. The fraction of sp³-hybridized carbons (Fsp3) is 0.417. The molecule has 1 rings (SSSR count). The van der Waals surface area contributed by atoms with E-state index in [2.05, 4.69) is 0 Å². The van der Waals surface area contributed by atoms with Crippen LogP contribution in [-0.4, -0.2) is 12.4 Å². The summed E-state index contributed by atoms with van der Waals surface area (Å²) in [7, 11) is 0. The minimum Gasteiger partial charge on any atom is -0.494 e. The molecular weight excluding hydrogens is 176 g/mol. The molecule has 0 fully saturated rings. The van der Waals surface area contributed by atoms with Gasteiger partial charge in [0.2, 0.25) is 0 Å². The number of Topliss-reactive ketones (excluding diaryl/α,β-unsaturated/α-hetero) is 1. The third kappa shape index (κ3) is 4.65. The Morgan fingerprint density at radius 1 is 1.21 bits per heavy atom. The van der Waals surface area contributed by atoms with Crippen LogP contribution in [0.1, 0.15) is 26.2 Å². The number of carbonyl (C=O) groups excluding carboxylic acids is 1. The highest BCUT2D eigenvalue weighted by Gasteiger charge is 1.94. The van der Waals surface area contributed by atoms with Gasteiger partial charge >= 0.3 is 0 Å². The van der Waals surface area contributed by atoms with Crippen LogP contribution in [0.2, 0.25) is 0 Å². The summed E-state index contributed by atoms with van der Waals surface area (Å²) in [5.74, 6) is 1.15. The number of benzene rings is 1. The predicted molar refractivity (Wildman–Crippen MR) is 56.5 cm³/mol. The molecule has 0 spiro atoms. The van der Waals surface area contributed by atoms with E-state index in [4.69, 9.17) is 4.74 Å². The molecule has 0 heterocycles. The van der Waals surface area contributed by atoms with Gasteiger partial charge in [0, 0.05) is 6.42 Å². The van der Waals surface area contributed by atoms with Crippen LogP contribution in [0.25, 0.3) is 0 Å². The summed E-state index contributed by atoms with van der Waals surface area (Å²) in [4.78, 5) is 10.6. The molecule has 0 atom stereocenters. The lowest BCUT2D eigenvalue weighted by atomic mass is 10.2. The molecule has 0 aliphatic rings. The summed E-state index contributed by atoms with van der Waals surface area (Å²) in [5, 5.41) is 0. The Hall–Kier alpha value is -1.31. The first-order valence-corrected chi connectivity index (χ1v) is 4.96. The molecule has 0 aromatic heterocycles. The van der Waals surface area contributed by atoms with Crippen LogP contribution in [-0.2, 0) is 4.79 Å². The van der Waals surface area contributed by atoms with Crippen molar-refractivity contribution in [1.82, 2.24) is 0 Å². The largest absolute Gasteiger partial charge is 0.494 e. The molecule has 0 bridgehead atoms. The second-order valence-electron chi connectivity index (χ2n) is 3.32. The molecule has 1 aromatic rings. The summed E-state index contributed by atoms with van der Waals surface area (Å²) in [6.45, 7) is 2.31. The number of hydrogen-bond donors (Lipinski definition) is 0. The van der Waals surface area contributed by atoms with Gasteiger partial charge in [-0.15, -0.1) is 0 Å². The molecule has 1 aromatic carbocycles. The molecule has 0 amide bonds. The third-order valence-electron chi connectivity index (χ3n) is 1.94. The highest BCUT2D eigenvalue weighted by atomic mass is 16.5. The first-order valence-electron chi connectivity index (χ1n) is 4.96. The molecule has 0 unspecified atom stereocenters. The van der Waals surface area contributed by atoms with E-state index in [0.29, 0.717) is 13.0 Å². The van der Waals surface area contributed by atoms with E-state index in [-0.39, 0.29) is 5.78 Å². The van der Waals surface area contributed by atoms with E-state index in [0.717, 1.165) is 18.6 Å². The van der Waals surface area contributed by atoms with Gasteiger partial charge in [-0.05, 0) is 31.9 Å². The van der Waals surface area contributed by atoms with Crippen molar-refractivity contribution in [1.29, 1.82) is 0 Å². The van der Waals surface area contributed by atoms with Crippen molar-refractivity contribution in [3.8, 4) is 5.75 Å². The van der Waals surface area contributed by atoms with Gasteiger partial charge in [-0.25, -0.2) is 0 Å². The Bertz CT molecular complexity index is 267. The first kappa shape index (κ1) is 10.8. The van der Waals surface area contributed by atoms with Crippen LogP contribution in [0.15, 0.2) is 30.3 Å². The van der Waals surface area contributed by atoms with Crippen molar-refractivity contribution in [2.45, 2.75) is 26.2 Å². The summed E-state index contributed by atoms with van der Waals surface area (Å²) < 4.78 is 5.48. The maximum Gasteiger partial charge on any atom is 0.129 e. The summed E-state index contributed by atoms with van der Waals surface area (Å²) >= 11 is 0. The summed E-state index contributed by atoms with van der Waals surface area (Å²) in [6.07, 6.45) is 2.52. The Labute approximate surface area is 84.9 Å². The van der Waals surface area contributed by atoms with Crippen molar-refractivity contribution < 1.29 is 9.53 Å². The highest BCUT2D eigenvalue weighted by molar-refractivity contribution is 5.75. The monoisotopic (exact) mass is 192 g/mol. The standard InChI is InChI=1S/C12H16O2/c1-11(13)7-5-6-10-14-12-8-3-2-4-9-12/h2-4,8-9H,5-7,10H2,1H3. The van der Waals surface area contributed by atoms with E-state index in [1.54, 1.807) is 6.92 Å². The zero-order valence-electron chi connectivity index (χ0n) is 8.53. The fourth-order valence-corrected chi connectivity index (χ4v) is 1.18. The van der Waals surface area contributed by atoms with Crippen LogP contribution in [0.5, 0.6) is 5.75 Å². The quantitative estimate of drug-likeness (QED) is 0.648. The summed E-state index contributed by atoms with van der Waals surface area (Å²) in [5.41, 5.74) is 0. The van der Waals surface area contributed by atoms with Gasteiger partial charge in [0.15, 0.2) is 0 Å². The van der Waals surface area contributed by atoms with E-state index < -0.39 is 0 Å². The van der Waals surface area contributed by atoms with E-state index >= 15 is 0 Å². The van der Waals surface area contributed by atoms with Crippen LogP contribution in [0.3, 0.4) is 0 Å². The molecule has 0 saturated carbocycles. The van der Waals surface area contributed by atoms with Gasteiger partial charge < -0.3 is 9.53 Å². The molecule has 76 valence electrons. The molecule has 0 aliphatic heterocycles. The zero-order valence-corrected chi connectivity index (χ0v) is 8.53.